The van der Waals surface area contributed by atoms with Crippen molar-refractivity contribution in [3.8, 4) is 0 Å². The summed E-state index contributed by atoms with van der Waals surface area (Å²) in [5.41, 5.74) is 3.60. The topological polar surface area (TPSA) is 59.1 Å². The average molecular weight is 246 g/mol. The van der Waals surface area contributed by atoms with E-state index in [2.05, 4.69) is 10.3 Å². The zero-order valence-electron chi connectivity index (χ0n) is 9.14. The Balaban J connectivity index is 2.13. The van der Waals surface area contributed by atoms with Gasteiger partial charge in [-0.2, -0.15) is 0 Å². The summed E-state index contributed by atoms with van der Waals surface area (Å²) < 4.78 is 0. The molecule has 1 amide bonds. The summed E-state index contributed by atoms with van der Waals surface area (Å²) in [6.07, 6.45) is 0.763. The summed E-state index contributed by atoms with van der Waals surface area (Å²) >= 11 is 1.31. The van der Waals surface area contributed by atoms with Crippen LogP contribution in [0.3, 0.4) is 0 Å². The summed E-state index contributed by atoms with van der Waals surface area (Å²) in [6, 6.07) is 6.69. The van der Waals surface area contributed by atoms with Crippen molar-refractivity contribution in [1.29, 1.82) is 0 Å². The first-order chi connectivity index (χ1) is 8.20. The van der Waals surface area contributed by atoms with E-state index in [0.717, 1.165) is 12.0 Å². The number of aldehydes is 1. The highest BCUT2D eigenvalue weighted by Gasteiger charge is 2.11. The molecule has 0 aliphatic carbocycles. The molecule has 17 heavy (non-hydrogen) atoms. The van der Waals surface area contributed by atoms with Gasteiger partial charge in [0.15, 0.2) is 0 Å². The van der Waals surface area contributed by atoms with E-state index in [1.54, 1.807) is 36.7 Å². The van der Waals surface area contributed by atoms with Gasteiger partial charge in [-0.15, -0.1) is 11.3 Å². The number of amides is 1. The van der Waals surface area contributed by atoms with Gasteiger partial charge in [0.05, 0.1) is 11.2 Å². The number of benzene rings is 1. The summed E-state index contributed by atoms with van der Waals surface area (Å²) in [6.45, 7) is 1.79. The van der Waals surface area contributed by atoms with Crippen LogP contribution in [0.2, 0.25) is 0 Å². The minimum Gasteiger partial charge on any atom is -0.321 e. The third kappa shape index (κ3) is 2.57. The molecule has 0 unspecified atom stereocenters. The van der Waals surface area contributed by atoms with Crippen molar-refractivity contribution in [2.75, 3.05) is 5.32 Å². The standard InChI is InChI=1S/C12H10N2O2S/c1-8-11(17-7-13-8)12(16)14-10-4-2-9(6-15)3-5-10/h2-7H,1H3,(H,14,16). The van der Waals surface area contributed by atoms with Gasteiger partial charge >= 0.3 is 0 Å². The smallest absolute Gasteiger partial charge is 0.267 e. The van der Waals surface area contributed by atoms with Crippen molar-refractivity contribution in [3.05, 3.63) is 45.9 Å². The molecule has 0 aliphatic rings. The van der Waals surface area contributed by atoms with E-state index in [4.69, 9.17) is 0 Å². The first-order valence-corrected chi connectivity index (χ1v) is 5.85. The van der Waals surface area contributed by atoms with Gasteiger partial charge in [0.2, 0.25) is 0 Å². The highest BCUT2D eigenvalue weighted by atomic mass is 32.1. The van der Waals surface area contributed by atoms with E-state index in [0.29, 0.717) is 16.1 Å². The van der Waals surface area contributed by atoms with Crippen LogP contribution in [-0.4, -0.2) is 17.2 Å². The van der Waals surface area contributed by atoms with Crippen molar-refractivity contribution in [1.82, 2.24) is 4.98 Å². The Hall–Kier alpha value is -2.01. The van der Waals surface area contributed by atoms with Crippen molar-refractivity contribution in [2.45, 2.75) is 6.92 Å². The van der Waals surface area contributed by atoms with Gasteiger partial charge in [-0.25, -0.2) is 4.98 Å². The predicted octanol–water partition coefficient (Wildman–Crippen LogP) is 2.52. The van der Waals surface area contributed by atoms with Gasteiger partial charge in [-0.1, -0.05) is 0 Å². The Bertz CT molecular complexity index is 546. The molecule has 0 bridgehead atoms. The van der Waals surface area contributed by atoms with Gasteiger partial charge in [-0.05, 0) is 31.2 Å². The first kappa shape index (κ1) is 11.5. The summed E-state index contributed by atoms with van der Waals surface area (Å²) in [5, 5.41) is 2.75. The average Bonchev–Trinajstić information content (AvgIpc) is 2.76. The number of hydrogen-bond donors (Lipinski definition) is 1. The monoisotopic (exact) mass is 246 g/mol. The highest BCUT2D eigenvalue weighted by Crippen LogP contribution is 2.15. The number of aromatic nitrogens is 1. The molecule has 0 saturated carbocycles. The van der Waals surface area contributed by atoms with Crippen LogP contribution >= 0.6 is 11.3 Å². The van der Waals surface area contributed by atoms with Gasteiger partial charge in [-0.3, -0.25) is 9.59 Å². The summed E-state index contributed by atoms with van der Waals surface area (Å²) in [7, 11) is 0. The Morgan fingerprint density at radius 2 is 2.06 bits per heavy atom. The van der Waals surface area contributed by atoms with Crippen molar-refractivity contribution >= 4 is 29.2 Å². The SMILES string of the molecule is Cc1ncsc1C(=O)Nc1ccc(C=O)cc1. The molecular formula is C12H10N2O2S. The molecule has 86 valence electrons. The van der Waals surface area contributed by atoms with Gasteiger partial charge < -0.3 is 5.32 Å². The van der Waals surface area contributed by atoms with E-state index >= 15 is 0 Å². The lowest BCUT2D eigenvalue weighted by molar-refractivity contribution is 0.102. The molecule has 0 radical (unpaired) electrons. The second-order valence-corrected chi connectivity index (χ2v) is 4.32. The minimum absolute atomic E-state index is 0.177. The zero-order chi connectivity index (χ0) is 12.3. The van der Waals surface area contributed by atoms with Crippen LogP contribution in [0.25, 0.3) is 0 Å². The number of hydrogen-bond acceptors (Lipinski definition) is 4. The van der Waals surface area contributed by atoms with Crippen LogP contribution in [0, 0.1) is 6.92 Å². The second kappa shape index (κ2) is 4.88. The molecule has 0 aliphatic heterocycles. The number of rotatable bonds is 3. The number of thiazole rings is 1. The second-order valence-electron chi connectivity index (χ2n) is 3.46. The number of nitrogens with one attached hydrogen (secondary N) is 1. The van der Waals surface area contributed by atoms with Gasteiger partial charge in [0.25, 0.3) is 5.91 Å². The van der Waals surface area contributed by atoms with Crippen molar-refractivity contribution in [3.63, 3.8) is 0 Å². The van der Waals surface area contributed by atoms with Crippen LogP contribution in [0.1, 0.15) is 25.7 Å². The number of nitrogens with zero attached hydrogens (tertiary/aromatic N) is 1. The number of carbonyl (C=O) groups is 2. The molecule has 0 atom stereocenters. The van der Waals surface area contributed by atoms with E-state index in [1.165, 1.54) is 11.3 Å². The van der Waals surface area contributed by atoms with Crippen LogP contribution in [0.4, 0.5) is 5.69 Å². The molecular weight excluding hydrogens is 236 g/mol. The van der Waals surface area contributed by atoms with E-state index in [-0.39, 0.29) is 5.91 Å². The van der Waals surface area contributed by atoms with E-state index in [9.17, 15) is 9.59 Å². The maximum Gasteiger partial charge on any atom is 0.267 e. The summed E-state index contributed by atoms with van der Waals surface area (Å²) in [4.78, 5) is 26.9. The summed E-state index contributed by atoms with van der Waals surface area (Å²) in [5.74, 6) is -0.177. The largest absolute Gasteiger partial charge is 0.321 e. The Morgan fingerprint density at radius 1 is 1.35 bits per heavy atom. The number of carbonyl (C=O) groups excluding carboxylic acids is 2. The Morgan fingerprint density at radius 3 is 2.59 bits per heavy atom. The van der Waals surface area contributed by atoms with Gasteiger partial charge in [0, 0.05) is 11.3 Å². The van der Waals surface area contributed by atoms with Crippen LogP contribution in [0.5, 0.6) is 0 Å². The predicted molar refractivity (Wildman–Crippen MR) is 66.6 cm³/mol. The van der Waals surface area contributed by atoms with Crippen molar-refractivity contribution in [2.24, 2.45) is 0 Å². The lowest BCUT2D eigenvalue weighted by Crippen LogP contribution is -2.11. The molecule has 0 fully saturated rings. The quantitative estimate of drug-likeness (QED) is 0.846. The normalized spacial score (nSPS) is 9.94. The minimum atomic E-state index is -0.177. The van der Waals surface area contributed by atoms with Gasteiger partial charge in [0.1, 0.15) is 11.2 Å². The first-order valence-electron chi connectivity index (χ1n) is 4.97. The van der Waals surface area contributed by atoms with E-state index in [1.807, 2.05) is 0 Å². The third-order valence-corrected chi connectivity index (χ3v) is 3.18. The lowest BCUT2D eigenvalue weighted by atomic mass is 10.2. The Kier molecular flexibility index (Phi) is 3.30. The highest BCUT2D eigenvalue weighted by molar-refractivity contribution is 7.12. The molecule has 1 aromatic heterocycles. The van der Waals surface area contributed by atoms with Crippen LogP contribution in [0.15, 0.2) is 29.8 Å². The van der Waals surface area contributed by atoms with Crippen molar-refractivity contribution < 1.29 is 9.59 Å². The molecule has 1 N–H and O–H groups in total. The molecule has 0 spiro atoms. The molecule has 2 rings (SSSR count). The molecule has 1 aromatic carbocycles. The van der Waals surface area contributed by atoms with Crippen LogP contribution < -0.4 is 5.32 Å². The zero-order valence-corrected chi connectivity index (χ0v) is 9.95. The maximum atomic E-state index is 11.8. The van der Waals surface area contributed by atoms with E-state index < -0.39 is 0 Å². The number of anilines is 1. The molecule has 5 heteroatoms. The molecule has 0 saturated heterocycles. The fourth-order valence-corrected chi connectivity index (χ4v) is 2.05. The molecule has 2 aromatic rings. The molecule has 1 heterocycles. The molecule has 4 nitrogen and oxygen atoms in total. The third-order valence-electron chi connectivity index (χ3n) is 2.26. The fraction of sp³-hybridized carbons (Fsp3) is 0.0833. The maximum absolute atomic E-state index is 11.8. The number of aryl methyl sites for hydroxylation is 1. The lowest BCUT2D eigenvalue weighted by Gasteiger charge is -2.03. The Labute approximate surface area is 102 Å². The van der Waals surface area contributed by atoms with Crippen LogP contribution in [-0.2, 0) is 0 Å². The fourth-order valence-electron chi connectivity index (χ4n) is 1.35.